The molecule has 0 bridgehead atoms. The first-order valence-corrected chi connectivity index (χ1v) is 6.77. The van der Waals surface area contributed by atoms with Gasteiger partial charge in [0.25, 0.3) is 0 Å². The molecule has 1 unspecified atom stereocenters. The molecule has 2 heterocycles. The highest BCUT2D eigenvalue weighted by Gasteiger charge is 2.22. The molecule has 0 aliphatic carbocycles. The molecule has 1 amide bonds. The lowest BCUT2D eigenvalue weighted by Gasteiger charge is -2.30. The molecule has 2 aliphatic rings. The van der Waals surface area contributed by atoms with Crippen LogP contribution in [-0.2, 0) is 9.53 Å². The van der Waals surface area contributed by atoms with Crippen LogP contribution in [0, 0.1) is 17.2 Å². The summed E-state index contributed by atoms with van der Waals surface area (Å²) in [6.45, 7) is 3.57. The van der Waals surface area contributed by atoms with Crippen molar-refractivity contribution in [3.8, 4) is 6.07 Å². The predicted octanol–water partition coefficient (Wildman–Crippen LogP) is 0.517. The summed E-state index contributed by atoms with van der Waals surface area (Å²) in [6.07, 6.45) is 3.80. The van der Waals surface area contributed by atoms with Crippen LogP contribution in [0.3, 0.4) is 0 Å². The zero-order valence-corrected chi connectivity index (χ0v) is 10.7. The quantitative estimate of drug-likeness (QED) is 0.794. The monoisotopic (exact) mass is 251 g/mol. The summed E-state index contributed by atoms with van der Waals surface area (Å²) in [6, 6.07) is 2.57. The number of amides is 1. The van der Waals surface area contributed by atoms with Crippen molar-refractivity contribution in [3.63, 3.8) is 0 Å². The van der Waals surface area contributed by atoms with E-state index >= 15 is 0 Å². The first-order chi connectivity index (χ1) is 8.78. The zero-order valence-electron chi connectivity index (χ0n) is 10.7. The fraction of sp³-hybridized carbons (Fsp3) is 0.846. The molecule has 0 aromatic carbocycles. The fourth-order valence-electron chi connectivity index (χ4n) is 2.62. The van der Waals surface area contributed by atoms with Crippen LogP contribution in [0.2, 0.25) is 0 Å². The second-order valence-corrected chi connectivity index (χ2v) is 5.16. The molecule has 0 saturated carbocycles. The van der Waals surface area contributed by atoms with E-state index in [-0.39, 0.29) is 17.9 Å². The van der Waals surface area contributed by atoms with Crippen molar-refractivity contribution in [1.29, 1.82) is 5.26 Å². The summed E-state index contributed by atoms with van der Waals surface area (Å²) in [5.74, 6) is 0.176. The smallest absolute Gasteiger partial charge is 0.234 e. The van der Waals surface area contributed by atoms with Gasteiger partial charge in [-0.2, -0.15) is 5.26 Å². The molecule has 100 valence electrons. The number of likely N-dealkylation sites (tertiary alicyclic amines) is 1. The Morgan fingerprint density at radius 1 is 1.39 bits per heavy atom. The lowest BCUT2D eigenvalue weighted by Crippen LogP contribution is -2.46. The lowest BCUT2D eigenvalue weighted by atomic mass is 10.00. The number of nitrogens with one attached hydrogen (secondary N) is 1. The number of ether oxygens (including phenoxy) is 1. The third-order valence-corrected chi connectivity index (χ3v) is 3.64. The Morgan fingerprint density at radius 2 is 2.17 bits per heavy atom. The minimum absolute atomic E-state index is 0.0838. The lowest BCUT2D eigenvalue weighted by molar-refractivity contribution is -0.123. The first kappa shape index (κ1) is 13.3. The van der Waals surface area contributed by atoms with Gasteiger partial charge in [-0.3, -0.25) is 9.69 Å². The van der Waals surface area contributed by atoms with E-state index in [2.05, 4.69) is 16.3 Å². The number of piperidine rings is 1. The molecule has 2 aliphatic heterocycles. The standard InChI is InChI=1S/C13H21N3O2/c14-8-11-2-1-5-16(9-11)10-13(17)15-12-3-6-18-7-4-12/h11-12H,1-7,9-10H2,(H,15,17). The van der Waals surface area contributed by atoms with Crippen molar-refractivity contribution in [2.75, 3.05) is 32.8 Å². The minimum atomic E-state index is 0.0838. The molecule has 2 saturated heterocycles. The Hall–Kier alpha value is -1.12. The molecule has 0 spiro atoms. The number of carbonyl (C=O) groups excluding carboxylic acids is 1. The SMILES string of the molecule is N#CC1CCCN(CC(=O)NC2CCOCC2)C1. The molecule has 1 N–H and O–H groups in total. The summed E-state index contributed by atoms with van der Waals surface area (Å²) in [5, 5.41) is 12.0. The second kappa shape index (κ2) is 6.72. The van der Waals surface area contributed by atoms with Crippen LogP contribution < -0.4 is 5.32 Å². The van der Waals surface area contributed by atoms with E-state index in [1.165, 1.54) is 0 Å². The van der Waals surface area contributed by atoms with Crippen molar-refractivity contribution in [2.45, 2.75) is 31.7 Å². The van der Waals surface area contributed by atoms with Gasteiger partial charge in [-0.05, 0) is 32.2 Å². The van der Waals surface area contributed by atoms with E-state index in [1.807, 2.05) is 0 Å². The van der Waals surface area contributed by atoms with Gasteiger partial charge in [-0.1, -0.05) is 0 Å². The average Bonchev–Trinajstić information content (AvgIpc) is 2.40. The largest absolute Gasteiger partial charge is 0.381 e. The third kappa shape index (κ3) is 3.97. The molecular formula is C13H21N3O2. The van der Waals surface area contributed by atoms with Gasteiger partial charge in [0.15, 0.2) is 0 Å². The number of nitriles is 1. The van der Waals surface area contributed by atoms with Gasteiger partial charge >= 0.3 is 0 Å². The Balaban J connectivity index is 1.71. The van der Waals surface area contributed by atoms with Crippen LogP contribution in [0.4, 0.5) is 0 Å². The summed E-state index contributed by atoms with van der Waals surface area (Å²) in [7, 11) is 0. The van der Waals surface area contributed by atoms with Crippen LogP contribution in [-0.4, -0.2) is 49.7 Å². The van der Waals surface area contributed by atoms with Gasteiger partial charge < -0.3 is 10.1 Å². The van der Waals surface area contributed by atoms with E-state index in [9.17, 15) is 4.79 Å². The molecular weight excluding hydrogens is 230 g/mol. The van der Waals surface area contributed by atoms with Gasteiger partial charge in [0, 0.05) is 25.8 Å². The van der Waals surface area contributed by atoms with E-state index < -0.39 is 0 Å². The molecule has 2 rings (SSSR count). The Labute approximate surface area is 108 Å². The van der Waals surface area contributed by atoms with Crippen LogP contribution in [0.25, 0.3) is 0 Å². The number of hydrogen-bond donors (Lipinski definition) is 1. The maximum atomic E-state index is 11.9. The Kier molecular flexibility index (Phi) is 4.97. The topological polar surface area (TPSA) is 65.4 Å². The molecule has 2 fully saturated rings. The highest BCUT2D eigenvalue weighted by Crippen LogP contribution is 2.15. The summed E-state index contributed by atoms with van der Waals surface area (Å²) in [5.41, 5.74) is 0. The molecule has 0 radical (unpaired) electrons. The van der Waals surface area contributed by atoms with E-state index in [0.717, 1.165) is 52.0 Å². The number of rotatable bonds is 3. The number of carbonyl (C=O) groups is 1. The van der Waals surface area contributed by atoms with Crippen LogP contribution >= 0.6 is 0 Å². The van der Waals surface area contributed by atoms with Crippen molar-refractivity contribution < 1.29 is 9.53 Å². The van der Waals surface area contributed by atoms with Crippen molar-refractivity contribution in [2.24, 2.45) is 5.92 Å². The molecule has 5 heteroatoms. The summed E-state index contributed by atoms with van der Waals surface area (Å²) < 4.78 is 5.26. The maximum absolute atomic E-state index is 11.9. The van der Waals surface area contributed by atoms with E-state index in [4.69, 9.17) is 10.00 Å². The van der Waals surface area contributed by atoms with Gasteiger partial charge in [-0.15, -0.1) is 0 Å². The Morgan fingerprint density at radius 3 is 2.89 bits per heavy atom. The second-order valence-electron chi connectivity index (χ2n) is 5.16. The fourth-order valence-corrected chi connectivity index (χ4v) is 2.62. The van der Waals surface area contributed by atoms with Gasteiger partial charge in [0.1, 0.15) is 0 Å². The van der Waals surface area contributed by atoms with Gasteiger partial charge in [0.2, 0.25) is 5.91 Å². The maximum Gasteiger partial charge on any atom is 0.234 e. The van der Waals surface area contributed by atoms with E-state index in [1.54, 1.807) is 0 Å². The number of hydrogen-bond acceptors (Lipinski definition) is 4. The molecule has 0 aromatic heterocycles. The first-order valence-electron chi connectivity index (χ1n) is 6.77. The molecule has 5 nitrogen and oxygen atoms in total. The van der Waals surface area contributed by atoms with Gasteiger partial charge in [-0.25, -0.2) is 0 Å². The highest BCUT2D eigenvalue weighted by atomic mass is 16.5. The molecule has 0 aromatic rings. The normalized spacial score (nSPS) is 26.5. The van der Waals surface area contributed by atoms with E-state index in [0.29, 0.717) is 6.54 Å². The summed E-state index contributed by atoms with van der Waals surface area (Å²) in [4.78, 5) is 14.0. The third-order valence-electron chi connectivity index (χ3n) is 3.64. The van der Waals surface area contributed by atoms with Crippen LogP contribution in [0.15, 0.2) is 0 Å². The zero-order chi connectivity index (χ0) is 12.8. The Bertz CT molecular complexity index is 321. The van der Waals surface area contributed by atoms with Crippen LogP contribution in [0.5, 0.6) is 0 Å². The average molecular weight is 251 g/mol. The molecule has 1 atom stereocenters. The van der Waals surface area contributed by atoms with Gasteiger partial charge in [0.05, 0.1) is 18.5 Å². The van der Waals surface area contributed by atoms with Crippen molar-refractivity contribution in [1.82, 2.24) is 10.2 Å². The van der Waals surface area contributed by atoms with Crippen molar-refractivity contribution in [3.05, 3.63) is 0 Å². The summed E-state index contributed by atoms with van der Waals surface area (Å²) >= 11 is 0. The highest BCUT2D eigenvalue weighted by molar-refractivity contribution is 5.78. The molecule has 18 heavy (non-hydrogen) atoms. The predicted molar refractivity (Wildman–Crippen MR) is 66.8 cm³/mol. The van der Waals surface area contributed by atoms with Crippen LogP contribution in [0.1, 0.15) is 25.7 Å². The minimum Gasteiger partial charge on any atom is -0.381 e. The number of nitrogens with zero attached hydrogens (tertiary/aromatic N) is 2. The van der Waals surface area contributed by atoms with Crippen molar-refractivity contribution >= 4 is 5.91 Å².